The van der Waals surface area contributed by atoms with Gasteiger partial charge in [0.2, 0.25) is 0 Å². The molecule has 0 aliphatic heterocycles. The molecule has 0 fully saturated rings. The Morgan fingerprint density at radius 3 is 1.75 bits per heavy atom. The second-order valence-electron chi connectivity index (χ2n) is 3.95. The topological polar surface area (TPSA) is 9.23 Å². The van der Waals surface area contributed by atoms with Gasteiger partial charge in [-0.05, 0) is 23.7 Å². The summed E-state index contributed by atoms with van der Waals surface area (Å²) >= 11 is 0. The summed E-state index contributed by atoms with van der Waals surface area (Å²) in [5.41, 5.74) is 0.821. The van der Waals surface area contributed by atoms with E-state index in [1.165, 1.54) is 18.1 Å². The van der Waals surface area contributed by atoms with Gasteiger partial charge < -0.3 is 4.12 Å². The van der Waals surface area contributed by atoms with Crippen LogP contribution in [0.25, 0.3) is 0 Å². The molecule has 0 rings (SSSR count). The molecule has 1 nitrogen and oxygen atoms in total. The highest BCUT2D eigenvalue weighted by molar-refractivity contribution is 6.77. The average Bonchev–Trinajstić information content (AvgIpc) is 2.08. The van der Waals surface area contributed by atoms with Crippen molar-refractivity contribution in [3.8, 4) is 0 Å². The van der Waals surface area contributed by atoms with Gasteiger partial charge in [0.25, 0.3) is 0 Å². The molecule has 0 heterocycles. The first-order valence-corrected chi connectivity index (χ1v) is 9.16. The Hall–Kier alpha value is 0.394. The molecule has 0 atom stereocenters. The lowest BCUT2D eigenvalue weighted by atomic mass is 10.6. The Morgan fingerprint density at radius 2 is 1.50 bits per heavy atom. The normalized spacial score (nSPS) is 13.5. The summed E-state index contributed by atoms with van der Waals surface area (Å²) in [6.45, 7) is 11.5. The second-order valence-corrected chi connectivity index (χ2v) is 11.6. The van der Waals surface area contributed by atoms with E-state index in [0.29, 0.717) is 0 Å². The Bertz CT molecular complexity index is 103. The minimum Gasteiger partial charge on any atom is -0.460 e. The van der Waals surface area contributed by atoms with Crippen LogP contribution in [0.3, 0.4) is 0 Å². The first-order chi connectivity index (χ1) is 5.60. The summed E-state index contributed by atoms with van der Waals surface area (Å²) in [5.74, 6) is 0. The van der Waals surface area contributed by atoms with Gasteiger partial charge >= 0.3 is 0 Å². The van der Waals surface area contributed by atoms with Crippen LogP contribution >= 0.6 is 0 Å². The molecular weight excluding hydrogens is 180 g/mol. The van der Waals surface area contributed by atoms with Gasteiger partial charge in [-0.2, -0.15) is 0 Å². The summed E-state index contributed by atoms with van der Waals surface area (Å²) in [4.78, 5) is 0. The van der Waals surface area contributed by atoms with Crippen molar-refractivity contribution < 1.29 is 4.12 Å². The second kappa shape index (κ2) is 5.94. The highest BCUT2D eigenvalue weighted by Crippen LogP contribution is 2.22. The lowest BCUT2D eigenvalue weighted by Crippen LogP contribution is -2.37. The quantitative estimate of drug-likeness (QED) is 0.605. The molecular formula is C9H24OSi2. The lowest BCUT2D eigenvalue weighted by Gasteiger charge is -2.29. The summed E-state index contributed by atoms with van der Waals surface area (Å²) in [6, 6.07) is 3.92. The van der Waals surface area contributed by atoms with Crippen molar-refractivity contribution in [3.63, 3.8) is 0 Å². The molecule has 0 aliphatic carbocycles. The molecule has 0 aromatic rings. The predicted molar refractivity (Wildman–Crippen MR) is 61.9 cm³/mol. The third kappa shape index (κ3) is 3.87. The van der Waals surface area contributed by atoms with Gasteiger partial charge in [0, 0.05) is 0 Å². The van der Waals surface area contributed by atoms with Crippen molar-refractivity contribution >= 4 is 18.1 Å². The van der Waals surface area contributed by atoms with E-state index in [1.807, 2.05) is 0 Å². The van der Waals surface area contributed by atoms with Crippen molar-refractivity contribution in [1.82, 2.24) is 0 Å². The highest BCUT2D eigenvalue weighted by Gasteiger charge is 2.27. The van der Waals surface area contributed by atoms with E-state index in [4.69, 9.17) is 4.12 Å². The molecule has 0 bridgehead atoms. The van der Waals surface area contributed by atoms with Gasteiger partial charge in [-0.15, -0.1) is 0 Å². The Labute approximate surface area is 81.0 Å². The van der Waals surface area contributed by atoms with Crippen LogP contribution in [0.1, 0.15) is 34.6 Å². The average molecular weight is 204 g/mol. The molecule has 0 aromatic heterocycles. The maximum absolute atomic E-state index is 6.22. The zero-order valence-electron chi connectivity index (χ0n) is 9.31. The monoisotopic (exact) mass is 204 g/mol. The minimum atomic E-state index is -1.22. The van der Waals surface area contributed by atoms with Crippen molar-refractivity contribution in [3.05, 3.63) is 0 Å². The van der Waals surface area contributed by atoms with Crippen LogP contribution in [-0.4, -0.2) is 18.1 Å². The molecule has 0 N–H and O–H groups in total. The largest absolute Gasteiger partial charge is 0.460 e. The molecule has 12 heavy (non-hydrogen) atoms. The summed E-state index contributed by atoms with van der Waals surface area (Å²) in [7, 11) is -1.45. The van der Waals surface area contributed by atoms with E-state index < -0.39 is 8.32 Å². The van der Waals surface area contributed by atoms with E-state index in [2.05, 4.69) is 34.6 Å². The smallest absolute Gasteiger partial charge is 0.178 e. The summed E-state index contributed by atoms with van der Waals surface area (Å²) in [6.07, 6.45) is 0. The number of hydrogen-bond acceptors (Lipinski definition) is 1. The molecule has 0 unspecified atom stereocenters. The highest BCUT2D eigenvalue weighted by atomic mass is 28.4. The lowest BCUT2D eigenvalue weighted by molar-refractivity contribution is 0.555. The maximum Gasteiger partial charge on any atom is 0.178 e. The molecule has 0 aromatic carbocycles. The van der Waals surface area contributed by atoms with Crippen LogP contribution in [0, 0.1) is 0 Å². The van der Waals surface area contributed by atoms with Crippen LogP contribution in [0.4, 0.5) is 0 Å². The predicted octanol–water partition coefficient (Wildman–Crippen LogP) is 2.92. The van der Waals surface area contributed by atoms with E-state index >= 15 is 0 Å². The molecule has 0 radical (unpaired) electrons. The minimum absolute atomic E-state index is 0.229. The maximum atomic E-state index is 6.22. The van der Waals surface area contributed by atoms with Gasteiger partial charge in [-0.3, -0.25) is 0 Å². The standard InChI is InChI=1S/C9H24OSi2/c1-6-12(7-2,8-3)10-11-9(4)5/h9H,6-8,11H2,1-5H3. The Morgan fingerprint density at radius 1 is 1.08 bits per heavy atom. The molecule has 0 spiro atoms. The van der Waals surface area contributed by atoms with E-state index in [-0.39, 0.29) is 9.76 Å². The van der Waals surface area contributed by atoms with Crippen LogP contribution in [0.2, 0.25) is 23.7 Å². The van der Waals surface area contributed by atoms with Crippen molar-refractivity contribution in [2.45, 2.75) is 58.3 Å². The summed E-state index contributed by atoms with van der Waals surface area (Å²) < 4.78 is 6.22. The Balaban J connectivity index is 3.93. The summed E-state index contributed by atoms with van der Waals surface area (Å²) in [5, 5.41) is 0. The van der Waals surface area contributed by atoms with Crippen LogP contribution < -0.4 is 0 Å². The number of rotatable bonds is 6. The molecule has 0 saturated carbocycles. The fraction of sp³-hybridized carbons (Fsp3) is 1.00. The van der Waals surface area contributed by atoms with Crippen molar-refractivity contribution in [2.24, 2.45) is 0 Å². The molecule has 74 valence electrons. The fourth-order valence-electron chi connectivity index (χ4n) is 1.40. The van der Waals surface area contributed by atoms with Gasteiger partial charge in [0.05, 0.1) is 0 Å². The third-order valence-corrected chi connectivity index (χ3v) is 10.3. The molecule has 0 amide bonds. The van der Waals surface area contributed by atoms with Gasteiger partial charge in [-0.25, -0.2) is 0 Å². The first kappa shape index (κ1) is 12.4. The van der Waals surface area contributed by atoms with Crippen molar-refractivity contribution in [2.75, 3.05) is 0 Å². The van der Waals surface area contributed by atoms with E-state index in [0.717, 1.165) is 5.54 Å². The fourth-order valence-corrected chi connectivity index (χ4v) is 8.10. The first-order valence-electron chi connectivity index (χ1n) is 5.24. The van der Waals surface area contributed by atoms with Gasteiger partial charge in [0.1, 0.15) is 9.76 Å². The van der Waals surface area contributed by atoms with Crippen LogP contribution in [0.5, 0.6) is 0 Å². The zero-order valence-corrected chi connectivity index (χ0v) is 11.7. The molecule has 0 saturated heterocycles. The molecule has 0 aliphatic rings. The van der Waals surface area contributed by atoms with Crippen LogP contribution in [0.15, 0.2) is 0 Å². The number of hydrogen-bond donors (Lipinski definition) is 0. The van der Waals surface area contributed by atoms with Crippen molar-refractivity contribution in [1.29, 1.82) is 0 Å². The van der Waals surface area contributed by atoms with E-state index in [9.17, 15) is 0 Å². The molecule has 3 heteroatoms. The third-order valence-electron chi connectivity index (χ3n) is 2.66. The zero-order chi connectivity index (χ0) is 9.61. The SMILES string of the molecule is CC[Si](CC)(CC)O[SiH2]C(C)C. The van der Waals surface area contributed by atoms with Gasteiger partial charge in [0.15, 0.2) is 8.32 Å². The van der Waals surface area contributed by atoms with Gasteiger partial charge in [-0.1, -0.05) is 34.6 Å². The Kier molecular flexibility index (Phi) is 6.14. The van der Waals surface area contributed by atoms with Crippen LogP contribution in [-0.2, 0) is 4.12 Å². The van der Waals surface area contributed by atoms with E-state index in [1.54, 1.807) is 0 Å².